The molecule has 0 heterocycles. The van der Waals surface area contributed by atoms with Crippen LogP contribution in [-0.4, -0.2) is 12.4 Å². The van der Waals surface area contributed by atoms with Crippen LogP contribution in [0.5, 0.6) is 5.75 Å². The summed E-state index contributed by atoms with van der Waals surface area (Å²) < 4.78 is 6.74. The van der Waals surface area contributed by atoms with Gasteiger partial charge in [-0.25, -0.2) is 0 Å². The van der Waals surface area contributed by atoms with Crippen molar-refractivity contribution in [2.75, 3.05) is 12.4 Å². The number of ether oxygens (including phenoxy) is 1. The number of thioether (sulfide) groups is 1. The highest BCUT2D eigenvalue weighted by molar-refractivity contribution is 9.10. The van der Waals surface area contributed by atoms with E-state index in [0.717, 1.165) is 16.0 Å². The second-order valence-electron chi connectivity index (χ2n) is 4.00. The summed E-state index contributed by atoms with van der Waals surface area (Å²) in [5.74, 6) is 1.82. The maximum Gasteiger partial charge on any atom is 0.119 e. The van der Waals surface area contributed by atoms with Crippen molar-refractivity contribution in [3.8, 4) is 5.75 Å². The highest BCUT2D eigenvalue weighted by atomic mass is 79.9. The van der Waals surface area contributed by atoms with Crippen LogP contribution in [-0.2, 0) is 6.54 Å². The third-order valence-electron chi connectivity index (χ3n) is 2.57. The summed E-state index contributed by atoms with van der Waals surface area (Å²) in [5.41, 5.74) is 6.79. The van der Waals surface area contributed by atoms with Crippen LogP contribution >= 0.6 is 27.7 Å². The number of halogens is 1. The number of rotatable bonds is 6. The smallest absolute Gasteiger partial charge is 0.119 e. The molecule has 0 amide bonds. The first kappa shape index (κ1) is 14.4. The summed E-state index contributed by atoms with van der Waals surface area (Å²) >= 11 is 5.18. The first-order chi connectivity index (χ1) is 9.28. The molecule has 0 saturated carbocycles. The average molecular weight is 338 g/mol. The van der Waals surface area contributed by atoms with Gasteiger partial charge in [-0.1, -0.05) is 28.1 Å². The van der Waals surface area contributed by atoms with Gasteiger partial charge in [0.05, 0.1) is 6.61 Å². The van der Waals surface area contributed by atoms with Crippen LogP contribution < -0.4 is 10.5 Å². The fraction of sp³-hybridized carbons (Fsp3) is 0.200. The minimum atomic E-state index is 0.587. The van der Waals surface area contributed by atoms with Gasteiger partial charge in [0, 0.05) is 21.7 Å². The third-order valence-corrected chi connectivity index (χ3v) is 4.06. The van der Waals surface area contributed by atoms with Gasteiger partial charge in [-0.2, -0.15) is 0 Å². The molecule has 0 fully saturated rings. The van der Waals surface area contributed by atoms with E-state index in [4.69, 9.17) is 10.5 Å². The summed E-state index contributed by atoms with van der Waals surface area (Å²) in [6.45, 7) is 1.28. The summed E-state index contributed by atoms with van der Waals surface area (Å²) in [4.78, 5) is 1.24. The Balaban J connectivity index is 1.75. The van der Waals surface area contributed by atoms with E-state index in [1.807, 2.05) is 36.4 Å². The van der Waals surface area contributed by atoms with Crippen LogP contribution in [0.4, 0.5) is 0 Å². The van der Waals surface area contributed by atoms with Crippen molar-refractivity contribution in [2.24, 2.45) is 5.73 Å². The monoisotopic (exact) mass is 337 g/mol. The van der Waals surface area contributed by atoms with E-state index in [2.05, 4.69) is 28.1 Å². The lowest BCUT2D eigenvalue weighted by Gasteiger charge is -2.07. The molecule has 19 heavy (non-hydrogen) atoms. The topological polar surface area (TPSA) is 35.2 Å². The van der Waals surface area contributed by atoms with Crippen molar-refractivity contribution in [3.63, 3.8) is 0 Å². The van der Waals surface area contributed by atoms with Gasteiger partial charge in [-0.05, 0) is 42.0 Å². The van der Waals surface area contributed by atoms with Gasteiger partial charge in [0.2, 0.25) is 0 Å². The molecule has 0 aliphatic carbocycles. The van der Waals surface area contributed by atoms with Gasteiger partial charge in [-0.15, -0.1) is 11.8 Å². The minimum Gasteiger partial charge on any atom is -0.493 e. The Kier molecular flexibility index (Phi) is 5.76. The van der Waals surface area contributed by atoms with E-state index >= 15 is 0 Å². The van der Waals surface area contributed by atoms with Crippen LogP contribution in [0.15, 0.2) is 57.9 Å². The van der Waals surface area contributed by atoms with Crippen LogP contribution in [0.2, 0.25) is 0 Å². The highest BCUT2D eigenvalue weighted by Gasteiger charge is 1.97. The lowest BCUT2D eigenvalue weighted by molar-refractivity contribution is 0.344. The highest BCUT2D eigenvalue weighted by Crippen LogP contribution is 2.20. The van der Waals surface area contributed by atoms with Crippen LogP contribution in [0, 0.1) is 0 Å². The van der Waals surface area contributed by atoms with E-state index in [-0.39, 0.29) is 0 Å². The molecule has 2 aromatic carbocycles. The van der Waals surface area contributed by atoms with E-state index in [9.17, 15) is 0 Å². The number of nitrogens with two attached hydrogens (primary N) is 1. The SMILES string of the molecule is NCc1cccc(SCCOc2ccc(Br)cc2)c1. The van der Waals surface area contributed by atoms with Crippen molar-refractivity contribution in [3.05, 3.63) is 58.6 Å². The van der Waals surface area contributed by atoms with Crippen LogP contribution in [0.25, 0.3) is 0 Å². The molecule has 0 radical (unpaired) electrons. The molecule has 2 aromatic rings. The number of benzene rings is 2. The molecule has 0 saturated heterocycles. The first-order valence-corrected chi connectivity index (χ1v) is 7.86. The minimum absolute atomic E-state index is 0.587. The van der Waals surface area contributed by atoms with Gasteiger partial charge in [0.25, 0.3) is 0 Å². The predicted molar refractivity (Wildman–Crippen MR) is 84.7 cm³/mol. The van der Waals surface area contributed by atoms with Crippen molar-refractivity contribution in [1.82, 2.24) is 0 Å². The standard InChI is InChI=1S/C15H16BrNOS/c16-13-4-6-14(7-5-13)18-8-9-19-15-3-1-2-12(10-15)11-17/h1-7,10H,8-9,11,17H2. The zero-order chi connectivity index (χ0) is 13.5. The molecule has 0 unspecified atom stereocenters. The molecular formula is C15H16BrNOS. The summed E-state index contributed by atoms with van der Waals surface area (Å²) in [5, 5.41) is 0. The van der Waals surface area contributed by atoms with Crippen molar-refractivity contribution in [1.29, 1.82) is 0 Å². The molecule has 0 aliphatic rings. The zero-order valence-electron chi connectivity index (χ0n) is 10.5. The lowest BCUT2D eigenvalue weighted by atomic mass is 10.2. The Morgan fingerprint density at radius 3 is 2.63 bits per heavy atom. The molecular weight excluding hydrogens is 322 g/mol. The Labute approximate surface area is 126 Å². The van der Waals surface area contributed by atoms with Crippen molar-refractivity contribution < 1.29 is 4.74 Å². The van der Waals surface area contributed by atoms with Crippen molar-refractivity contribution in [2.45, 2.75) is 11.4 Å². The Morgan fingerprint density at radius 1 is 1.11 bits per heavy atom. The van der Waals surface area contributed by atoms with Crippen molar-refractivity contribution >= 4 is 27.7 Å². The Morgan fingerprint density at radius 2 is 1.89 bits per heavy atom. The molecule has 2 rings (SSSR count). The average Bonchev–Trinajstić information content (AvgIpc) is 2.46. The van der Waals surface area contributed by atoms with E-state index in [1.54, 1.807) is 11.8 Å². The van der Waals surface area contributed by atoms with E-state index < -0.39 is 0 Å². The molecule has 0 aromatic heterocycles. The molecule has 4 heteroatoms. The van der Waals surface area contributed by atoms with E-state index in [0.29, 0.717) is 13.2 Å². The lowest BCUT2D eigenvalue weighted by Crippen LogP contribution is -2.00. The maximum absolute atomic E-state index is 5.67. The fourth-order valence-electron chi connectivity index (χ4n) is 1.61. The maximum atomic E-state index is 5.67. The van der Waals surface area contributed by atoms with Crippen LogP contribution in [0.3, 0.4) is 0 Å². The van der Waals surface area contributed by atoms with Gasteiger partial charge in [-0.3, -0.25) is 0 Å². The molecule has 100 valence electrons. The predicted octanol–water partition coefficient (Wildman–Crippen LogP) is 4.08. The van der Waals surface area contributed by atoms with Gasteiger partial charge < -0.3 is 10.5 Å². The quantitative estimate of drug-likeness (QED) is 0.637. The third kappa shape index (κ3) is 4.90. The summed E-state index contributed by atoms with van der Waals surface area (Å²) in [7, 11) is 0. The Bertz CT molecular complexity index is 516. The molecule has 0 spiro atoms. The molecule has 0 bridgehead atoms. The fourth-order valence-corrected chi connectivity index (χ4v) is 2.69. The summed E-state index contributed by atoms with van der Waals surface area (Å²) in [6, 6.07) is 16.2. The van der Waals surface area contributed by atoms with Gasteiger partial charge >= 0.3 is 0 Å². The number of hydrogen-bond acceptors (Lipinski definition) is 3. The van der Waals surface area contributed by atoms with E-state index in [1.165, 1.54) is 10.5 Å². The molecule has 2 N–H and O–H groups in total. The molecule has 0 atom stereocenters. The van der Waals surface area contributed by atoms with Gasteiger partial charge in [0.15, 0.2) is 0 Å². The Hall–Kier alpha value is -0.970. The first-order valence-electron chi connectivity index (χ1n) is 6.08. The number of hydrogen-bond donors (Lipinski definition) is 1. The molecule has 0 aliphatic heterocycles. The zero-order valence-corrected chi connectivity index (χ0v) is 12.9. The summed E-state index contributed by atoms with van der Waals surface area (Å²) in [6.07, 6.45) is 0. The largest absolute Gasteiger partial charge is 0.493 e. The second-order valence-corrected chi connectivity index (χ2v) is 6.09. The molecule has 2 nitrogen and oxygen atoms in total. The second kappa shape index (κ2) is 7.58. The van der Waals surface area contributed by atoms with Crippen LogP contribution in [0.1, 0.15) is 5.56 Å². The van der Waals surface area contributed by atoms with Gasteiger partial charge in [0.1, 0.15) is 5.75 Å². The normalized spacial score (nSPS) is 10.4.